The predicted octanol–water partition coefficient (Wildman–Crippen LogP) is 6.34. The fourth-order valence-corrected chi connectivity index (χ4v) is 60.6. The molecule has 0 aromatic heterocycles. The van der Waals surface area contributed by atoms with Crippen molar-refractivity contribution in [3.05, 3.63) is 0 Å². The van der Waals surface area contributed by atoms with Gasteiger partial charge in [-0.15, -0.1) is 0 Å². The molecular weight excluding hydrogens is 1460 g/mol. The van der Waals surface area contributed by atoms with Gasteiger partial charge in [0, 0.05) is 128 Å². The van der Waals surface area contributed by atoms with E-state index in [0.29, 0.717) is 18.1 Å². The first-order valence-electron chi connectivity index (χ1n) is 29.3. The second-order valence-corrected chi connectivity index (χ2v) is 69.2. The molecule has 30 nitrogen and oxygen atoms in total. The minimum atomic E-state index is -3.55. The molecule has 0 spiro atoms. The maximum atomic E-state index is 7.19. The van der Waals surface area contributed by atoms with Gasteiger partial charge in [0.15, 0.2) is 0 Å². The number of hydrogen-bond donors (Lipinski definition) is 0. The predicted molar refractivity (Wildman–Crippen MR) is 368 cm³/mol. The van der Waals surface area contributed by atoms with E-state index < -0.39 is 141 Å². The van der Waals surface area contributed by atoms with Crippen LogP contribution in [0.1, 0.15) is 25.7 Å². The van der Waals surface area contributed by atoms with Crippen molar-refractivity contribution in [1.82, 2.24) is 0 Å². The van der Waals surface area contributed by atoms with E-state index in [0.717, 1.165) is 43.8 Å². The molecule has 3 unspecified atom stereocenters. The molecule has 46 heteroatoms. The van der Waals surface area contributed by atoms with E-state index >= 15 is 0 Å². The minimum Gasteiger partial charge on any atom is -0.434 e. The van der Waals surface area contributed by atoms with E-state index in [1.165, 1.54) is 128 Å². The van der Waals surface area contributed by atoms with Gasteiger partial charge in [-0.3, -0.25) is 0 Å². The average molecular weight is 1580 g/mol. The van der Waals surface area contributed by atoms with Crippen molar-refractivity contribution in [1.29, 1.82) is 0 Å². The number of unbranched alkanes of at least 4 members (excludes halogenated alkanes) is 1. The van der Waals surface area contributed by atoms with Crippen molar-refractivity contribution in [2.75, 3.05) is 153 Å². The molecule has 0 aliphatic heterocycles. The lowest BCUT2D eigenvalue weighted by Crippen LogP contribution is -2.60. The zero-order chi connectivity index (χ0) is 69.4. The Balaban J connectivity index is 7.71. The van der Waals surface area contributed by atoms with E-state index in [1.54, 1.807) is 0 Å². The van der Waals surface area contributed by atoms with Gasteiger partial charge in [-0.05, 0) is 90.1 Å². The summed E-state index contributed by atoms with van der Waals surface area (Å²) in [6, 6.07) is 4.91. The second kappa shape index (κ2) is 43.8. The van der Waals surface area contributed by atoms with Gasteiger partial charge in [0.1, 0.15) is 0 Å². The summed E-state index contributed by atoms with van der Waals surface area (Å²) in [5, 5.41) is 0. The maximum absolute atomic E-state index is 7.19. The maximum Gasteiger partial charge on any atom is 0.678 e. The van der Waals surface area contributed by atoms with E-state index in [9.17, 15) is 0 Å². The Morgan fingerprint density at radius 2 is 0.411 bits per heavy atom. The zero-order valence-electron chi connectivity index (χ0n) is 60.1. The van der Waals surface area contributed by atoms with Crippen LogP contribution in [-0.4, -0.2) is 294 Å². The zero-order valence-corrected chi connectivity index (χ0v) is 76.1. The molecule has 0 aromatic carbocycles. The molecular formula is C44H118O30Si16. The van der Waals surface area contributed by atoms with E-state index in [1.807, 2.05) is 52.4 Å². The summed E-state index contributed by atoms with van der Waals surface area (Å²) in [5.74, 6) is 0. The highest BCUT2D eigenvalue weighted by atomic mass is 28.5. The summed E-state index contributed by atoms with van der Waals surface area (Å²) in [6.07, 6.45) is 4.27. The minimum absolute atomic E-state index is 0.216. The Bertz CT molecular complexity index is 1800. The standard InChI is InChI=1S/C44H118O30Si16/c1-45-85(46-2,47-3)63-41-75(19)67-82(28,68-76(20)42-64-86(48-4,49-5)50-6)39-33-36-81(27,37-34-40-84(30,70-78(22)44-66-88(54-10,55-11)56-12)72-80(25,26)74-90(60-16,61-17)62-18)35-31-32-38-83(29,69-77(21)43-65-87(51-7,52-8)53-9)71-79(23,24)73-89(57-13,58-14)59-15/h31-44H2,1-30H3. The molecule has 0 heterocycles. The van der Waals surface area contributed by atoms with Crippen molar-refractivity contribution in [2.45, 2.75) is 141 Å². The van der Waals surface area contributed by atoms with Gasteiger partial charge in [0.2, 0.25) is 36.2 Å². The van der Waals surface area contributed by atoms with Crippen LogP contribution in [0.5, 0.6) is 0 Å². The molecule has 0 aliphatic rings. The summed E-state index contributed by atoms with van der Waals surface area (Å²) in [5.41, 5.74) is 0. The SMILES string of the molecule is CO[Si](OC)(OC)OC[Si](C)O[Si](C)(CCC[Si](C)(CCCC[Si](C)(O[Si](C)CO[Si](OC)(OC)OC)O[Si](C)(C)O[Si](OC)(OC)OC)CCC[Si](C)(O[Si](C)CO[Si](OC)(OC)OC)O[Si](C)(C)O[Si](OC)(OC)OC)O[Si](C)CO[Si](OC)(OC)OC. The normalized spacial score (nSPS) is 16.1. The highest BCUT2D eigenvalue weighted by Gasteiger charge is 2.55. The van der Waals surface area contributed by atoms with Crippen LogP contribution in [0.2, 0.25) is 115 Å². The first-order valence-corrected chi connectivity index (χ1v) is 63.9. The Kier molecular flexibility index (Phi) is 44.9. The Hall–Kier alpha value is 2.27. The lowest BCUT2D eigenvalue weighted by molar-refractivity contribution is 0.0142. The highest BCUT2D eigenvalue weighted by molar-refractivity contribution is 6.87. The van der Waals surface area contributed by atoms with Gasteiger partial charge in [-0.2, -0.15) is 0 Å². The summed E-state index contributed by atoms with van der Waals surface area (Å²) in [6.45, 7) is 24.8. The van der Waals surface area contributed by atoms with Crippen molar-refractivity contribution < 1.29 is 130 Å². The van der Waals surface area contributed by atoms with Gasteiger partial charge < -0.3 is 130 Å². The van der Waals surface area contributed by atoms with E-state index in [-0.39, 0.29) is 24.9 Å². The Morgan fingerprint density at radius 3 is 0.644 bits per heavy atom. The molecule has 0 N–H and O–H groups in total. The quantitative estimate of drug-likeness (QED) is 0.0475. The van der Waals surface area contributed by atoms with Gasteiger partial charge in [0.05, 0.1) is 33.0 Å². The third-order valence-corrected chi connectivity index (χ3v) is 62.6. The molecule has 0 fully saturated rings. The topological polar surface area (TPSA) is 277 Å². The van der Waals surface area contributed by atoms with Gasteiger partial charge >= 0.3 is 97.1 Å². The first kappa shape index (κ1) is 92.3. The Labute approximate surface area is 561 Å². The molecule has 0 aromatic rings. The van der Waals surface area contributed by atoms with E-state index in [4.69, 9.17) is 130 Å². The van der Waals surface area contributed by atoms with Crippen molar-refractivity contribution in [3.63, 3.8) is 0 Å². The van der Waals surface area contributed by atoms with Crippen LogP contribution in [-0.2, 0) is 130 Å². The molecule has 0 saturated carbocycles. The Morgan fingerprint density at radius 1 is 0.222 bits per heavy atom. The molecule has 4 radical (unpaired) electrons. The van der Waals surface area contributed by atoms with Crippen LogP contribution in [0.25, 0.3) is 0 Å². The van der Waals surface area contributed by atoms with Crippen LogP contribution < -0.4 is 0 Å². The molecule has 0 saturated heterocycles. The second-order valence-electron chi connectivity index (χ2n) is 22.4. The van der Waals surface area contributed by atoms with Crippen LogP contribution in [0.4, 0.5) is 0 Å². The lowest BCUT2D eigenvalue weighted by atomic mass is 10.4. The molecule has 3 atom stereocenters. The average Bonchev–Trinajstić information content (AvgIpc) is 3.03. The highest BCUT2D eigenvalue weighted by Crippen LogP contribution is 2.36. The summed E-state index contributed by atoms with van der Waals surface area (Å²) >= 11 is 0. The summed E-state index contributed by atoms with van der Waals surface area (Å²) in [7, 11) is -17.8. The van der Waals surface area contributed by atoms with Crippen LogP contribution >= 0.6 is 0 Å². The fraction of sp³-hybridized carbons (Fsp3) is 1.00. The molecule has 0 amide bonds. The third kappa shape index (κ3) is 32.3. The van der Waals surface area contributed by atoms with Crippen LogP contribution in [0.15, 0.2) is 0 Å². The molecule has 90 heavy (non-hydrogen) atoms. The van der Waals surface area contributed by atoms with Gasteiger partial charge in [-0.1, -0.05) is 50.4 Å². The van der Waals surface area contributed by atoms with E-state index in [2.05, 4.69) is 26.2 Å². The van der Waals surface area contributed by atoms with Crippen molar-refractivity contribution in [3.8, 4) is 0 Å². The van der Waals surface area contributed by atoms with Gasteiger partial charge in [-0.25, -0.2) is 0 Å². The smallest absolute Gasteiger partial charge is 0.434 e. The lowest BCUT2D eigenvalue weighted by Gasteiger charge is -2.40. The van der Waals surface area contributed by atoms with Crippen LogP contribution in [0.3, 0.4) is 0 Å². The van der Waals surface area contributed by atoms with Crippen molar-refractivity contribution in [2.24, 2.45) is 0 Å². The number of rotatable bonds is 59. The monoisotopic (exact) mass is 1570 g/mol. The van der Waals surface area contributed by atoms with Crippen molar-refractivity contribution >= 4 is 141 Å². The van der Waals surface area contributed by atoms with Gasteiger partial charge in [0.25, 0.3) is 0 Å². The fourth-order valence-electron chi connectivity index (χ4n) is 9.91. The molecule has 538 valence electrons. The summed E-state index contributed by atoms with van der Waals surface area (Å²) in [4.78, 5) is 0. The number of hydrogen-bond acceptors (Lipinski definition) is 30. The molecule has 0 bridgehead atoms. The molecule has 0 rings (SSSR count). The third-order valence-electron chi connectivity index (χ3n) is 14.0. The molecule has 0 aliphatic carbocycles. The summed E-state index contributed by atoms with van der Waals surface area (Å²) < 4.78 is 182. The van der Waals surface area contributed by atoms with Crippen LogP contribution in [0, 0.1) is 0 Å². The first-order chi connectivity index (χ1) is 41.9. The largest absolute Gasteiger partial charge is 0.678 e.